The summed E-state index contributed by atoms with van der Waals surface area (Å²) in [6, 6.07) is 31.5. The fourth-order valence-electron chi connectivity index (χ4n) is 7.42. The van der Waals surface area contributed by atoms with E-state index in [1.807, 2.05) is 24.3 Å². The van der Waals surface area contributed by atoms with Crippen molar-refractivity contribution in [1.29, 1.82) is 0 Å². The molecular formula is C50H69ClN8O12S2. The summed E-state index contributed by atoms with van der Waals surface area (Å²) in [6.07, 6.45) is 0. The molecule has 2 fully saturated rings. The maximum Gasteiger partial charge on any atom is 0.337 e. The third kappa shape index (κ3) is 19.4. The number of ether oxygens (including phenoxy) is 3. The van der Waals surface area contributed by atoms with Crippen LogP contribution in [0.5, 0.6) is 0 Å². The van der Waals surface area contributed by atoms with Crippen LogP contribution in [-0.2, 0) is 62.1 Å². The van der Waals surface area contributed by atoms with Crippen molar-refractivity contribution in [2.45, 2.75) is 33.9 Å². The summed E-state index contributed by atoms with van der Waals surface area (Å²) in [4.78, 5) is 60.8. The van der Waals surface area contributed by atoms with Crippen molar-refractivity contribution in [3.63, 3.8) is 0 Å². The molecular weight excluding hydrogens is 1000 g/mol. The molecule has 0 radical (unpaired) electrons. The zero-order valence-corrected chi connectivity index (χ0v) is 45.0. The average Bonchev–Trinajstić information content (AvgIpc) is 3.38. The van der Waals surface area contributed by atoms with Crippen LogP contribution < -0.4 is 13.9 Å². The molecule has 0 aromatic heterocycles. The van der Waals surface area contributed by atoms with E-state index in [9.17, 15) is 40.8 Å². The highest BCUT2D eigenvalue weighted by molar-refractivity contribution is 7.90. The monoisotopic (exact) mass is 1070 g/mol. The lowest BCUT2D eigenvalue weighted by Crippen LogP contribution is -2.50. The Morgan fingerprint density at radius 3 is 1.21 bits per heavy atom. The summed E-state index contributed by atoms with van der Waals surface area (Å²) in [5.74, 6) is -1.92. The number of para-hydroxylation sites is 2. The Kier molecular flexibility index (Phi) is 25.4. The number of piperazine rings is 2. The highest BCUT2D eigenvalue weighted by Gasteiger charge is 2.30. The third-order valence-corrected chi connectivity index (χ3v) is 15.3. The molecule has 4 aromatic rings. The molecule has 0 atom stereocenters. The first kappa shape index (κ1) is 61.3. The lowest BCUT2D eigenvalue weighted by atomic mass is 10.1. The van der Waals surface area contributed by atoms with Crippen molar-refractivity contribution in [3.05, 3.63) is 131 Å². The van der Waals surface area contributed by atoms with E-state index < -0.39 is 44.3 Å². The summed E-state index contributed by atoms with van der Waals surface area (Å²) in [6.45, 7) is 12.7. The molecule has 1 N–H and O–H groups in total. The van der Waals surface area contributed by atoms with Gasteiger partial charge in [-0.1, -0.05) is 60.7 Å². The van der Waals surface area contributed by atoms with E-state index in [4.69, 9.17) is 9.47 Å². The van der Waals surface area contributed by atoms with Crippen LogP contribution >= 0.6 is 12.4 Å². The number of benzene rings is 4. The molecule has 6 rings (SSSR count). The van der Waals surface area contributed by atoms with Gasteiger partial charge in [0.05, 0.1) is 49.8 Å². The minimum Gasteiger partial charge on any atom is -0.465 e. The highest BCUT2D eigenvalue weighted by atomic mass is 35.5. The van der Waals surface area contributed by atoms with Crippen LogP contribution in [-0.4, -0.2) is 177 Å². The standard InChI is InChI=1S/C24H32N4O5S.C22H30N4O4S.C4H6O3.ClH/c1-20(29)27-17-15-26(16-18-27)14-13-25(2)34(31,32)28(23-7-5-4-6-8-23)19-21-9-11-22(12-10-21)24(30)33-3;1-24(16-17-25-14-12-23-13-15-25)31(28,29)26(21-6-4-3-5-7-21)18-19-8-10-20(11-9-19)22(27)30-2;1-3(5)7-4(2)6;/h4-12H,13-19H2,1-3H3;3-11,23H,12-18H2,1-2H3;1-2H3;1H. The van der Waals surface area contributed by atoms with Gasteiger partial charge in [-0.15, -0.1) is 12.4 Å². The summed E-state index contributed by atoms with van der Waals surface area (Å²) >= 11 is 0. The smallest absolute Gasteiger partial charge is 0.337 e. The number of amides is 1. The molecule has 73 heavy (non-hydrogen) atoms. The Balaban J connectivity index is 0.000000337. The van der Waals surface area contributed by atoms with Crippen LogP contribution in [0.4, 0.5) is 11.4 Å². The van der Waals surface area contributed by atoms with Gasteiger partial charge in [0, 0.05) is 113 Å². The zero-order valence-electron chi connectivity index (χ0n) is 42.5. The number of carbonyl (C=O) groups is 5. The fourth-order valence-corrected chi connectivity index (χ4v) is 10.1. The number of hydrogen-bond acceptors (Lipinski definition) is 15. The van der Waals surface area contributed by atoms with E-state index >= 15 is 0 Å². The Bertz CT molecular complexity index is 2580. The first-order valence-corrected chi connectivity index (χ1v) is 26.1. The normalized spacial score (nSPS) is 14.0. The number of nitrogens with zero attached hydrogens (tertiary/aromatic N) is 7. The van der Waals surface area contributed by atoms with Crippen molar-refractivity contribution in [2.24, 2.45) is 0 Å². The molecule has 0 saturated carbocycles. The number of carbonyl (C=O) groups excluding carboxylic acids is 5. The molecule has 20 nitrogen and oxygen atoms in total. The van der Waals surface area contributed by atoms with Crippen molar-refractivity contribution in [1.82, 2.24) is 28.6 Å². The zero-order chi connectivity index (χ0) is 52.8. The SMILES string of the molecule is CC(=O)OC(C)=O.COC(=O)c1ccc(CN(c2ccccc2)S(=O)(=O)N(C)CCN2CCN(C(C)=O)CC2)cc1.COC(=O)c1ccc(CN(c2ccccc2)S(=O)(=O)N(C)CCN2CCNCC2)cc1.Cl. The van der Waals surface area contributed by atoms with Crippen molar-refractivity contribution in [2.75, 3.05) is 115 Å². The van der Waals surface area contributed by atoms with Crippen LogP contribution in [0.25, 0.3) is 0 Å². The summed E-state index contributed by atoms with van der Waals surface area (Å²) in [5, 5.41) is 3.30. The molecule has 2 aliphatic heterocycles. The van der Waals surface area contributed by atoms with Gasteiger partial charge in [0.15, 0.2) is 0 Å². The topological polar surface area (TPSA) is 216 Å². The number of halogens is 1. The minimum absolute atomic E-state index is 0. The number of anilines is 2. The molecule has 0 aliphatic carbocycles. The molecule has 0 bridgehead atoms. The number of hydrogen-bond donors (Lipinski definition) is 1. The fraction of sp³-hybridized carbons (Fsp3) is 0.420. The highest BCUT2D eigenvalue weighted by Crippen LogP contribution is 2.25. The number of nitrogens with one attached hydrogen (secondary N) is 1. The number of likely N-dealkylation sites (N-methyl/N-ethyl adjacent to an activating group) is 2. The Morgan fingerprint density at radius 2 is 0.890 bits per heavy atom. The third-order valence-electron chi connectivity index (χ3n) is 11.6. The van der Waals surface area contributed by atoms with E-state index in [-0.39, 0.29) is 31.4 Å². The van der Waals surface area contributed by atoms with Crippen molar-refractivity contribution >= 4 is 74.0 Å². The van der Waals surface area contributed by atoms with Gasteiger partial charge in [-0.05, 0) is 59.7 Å². The Hall–Kier alpha value is -5.98. The largest absolute Gasteiger partial charge is 0.465 e. The number of rotatable bonds is 18. The van der Waals surface area contributed by atoms with Crippen LogP contribution in [0.2, 0.25) is 0 Å². The molecule has 4 aromatic carbocycles. The Labute approximate surface area is 436 Å². The minimum atomic E-state index is -3.82. The second-order valence-electron chi connectivity index (χ2n) is 16.7. The van der Waals surface area contributed by atoms with Crippen LogP contribution in [0.15, 0.2) is 109 Å². The van der Waals surface area contributed by atoms with Crippen molar-refractivity contribution < 1.29 is 55.0 Å². The van der Waals surface area contributed by atoms with Gasteiger partial charge in [0.25, 0.3) is 0 Å². The maximum atomic E-state index is 13.6. The van der Waals surface area contributed by atoms with Gasteiger partial charge in [0.2, 0.25) is 5.91 Å². The van der Waals surface area contributed by atoms with E-state index in [1.165, 1.54) is 45.3 Å². The van der Waals surface area contributed by atoms with Gasteiger partial charge in [-0.2, -0.15) is 25.4 Å². The molecule has 23 heteroatoms. The van der Waals surface area contributed by atoms with E-state index in [2.05, 4.69) is 19.9 Å². The predicted molar refractivity (Wildman–Crippen MR) is 282 cm³/mol. The molecule has 400 valence electrons. The van der Waals surface area contributed by atoms with Crippen LogP contribution in [0, 0.1) is 0 Å². The van der Waals surface area contributed by atoms with Crippen LogP contribution in [0.3, 0.4) is 0 Å². The Morgan fingerprint density at radius 1 is 0.534 bits per heavy atom. The molecule has 1 amide bonds. The second-order valence-corrected chi connectivity index (χ2v) is 20.7. The van der Waals surface area contributed by atoms with Crippen LogP contribution in [0.1, 0.15) is 52.6 Å². The van der Waals surface area contributed by atoms with E-state index in [0.717, 1.165) is 50.4 Å². The molecule has 2 aliphatic rings. The second kappa shape index (κ2) is 30.3. The summed E-state index contributed by atoms with van der Waals surface area (Å²) in [7, 11) is -1.73. The first-order valence-electron chi connectivity index (χ1n) is 23.3. The van der Waals surface area contributed by atoms with Gasteiger partial charge in [0.1, 0.15) is 0 Å². The van der Waals surface area contributed by atoms with Gasteiger partial charge in [-0.3, -0.25) is 32.8 Å². The number of methoxy groups -OCH3 is 2. The molecule has 2 heterocycles. The maximum absolute atomic E-state index is 13.6. The van der Waals surface area contributed by atoms with Gasteiger partial charge in [-0.25, -0.2) is 9.59 Å². The lowest BCUT2D eigenvalue weighted by molar-refractivity contribution is -0.156. The molecule has 2 saturated heterocycles. The quantitative estimate of drug-likeness (QED) is 0.0850. The number of esters is 4. The van der Waals surface area contributed by atoms with E-state index in [0.29, 0.717) is 61.8 Å². The van der Waals surface area contributed by atoms with Crippen molar-refractivity contribution in [3.8, 4) is 0 Å². The predicted octanol–water partition coefficient (Wildman–Crippen LogP) is 3.90. The summed E-state index contributed by atoms with van der Waals surface area (Å²) < 4.78 is 73.1. The van der Waals surface area contributed by atoms with E-state index in [1.54, 1.807) is 111 Å². The van der Waals surface area contributed by atoms with Gasteiger partial charge >= 0.3 is 44.3 Å². The molecule has 0 unspecified atom stereocenters. The first-order chi connectivity index (χ1) is 34.3. The summed E-state index contributed by atoms with van der Waals surface area (Å²) in [5.41, 5.74) is 3.50. The molecule has 0 spiro atoms. The lowest BCUT2D eigenvalue weighted by Gasteiger charge is -2.35. The van der Waals surface area contributed by atoms with Gasteiger partial charge < -0.3 is 24.4 Å². The average molecular weight is 1070 g/mol.